The van der Waals surface area contributed by atoms with Crippen molar-refractivity contribution in [2.45, 2.75) is 37.0 Å². The summed E-state index contributed by atoms with van der Waals surface area (Å²) in [5, 5.41) is 0. The molecule has 0 fully saturated rings. The summed E-state index contributed by atoms with van der Waals surface area (Å²) in [7, 11) is -7.69. The molecule has 0 aliphatic carbocycles. The number of benzene rings is 3. The number of carbonyl (C=O) groups is 1. The van der Waals surface area contributed by atoms with E-state index in [1.54, 1.807) is 38.1 Å². The van der Waals surface area contributed by atoms with Crippen LogP contribution in [0.4, 0.5) is 0 Å². The molecule has 38 heavy (non-hydrogen) atoms. The fraction of sp³-hybridized carbons (Fsp3) is 0.321. The molecule has 0 aromatic heterocycles. The minimum Gasteiger partial charge on any atom is -0.482 e. The molecule has 0 saturated carbocycles. The molecule has 0 unspecified atom stereocenters. The summed E-state index contributed by atoms with van der Waals surface area (Å²) in [6.45, 7) is 5.17. The topological polar surface area (TPSA) is 107 Å². The summed E-state index contributed by atoms with van der Waals surface area (Å²) in [5.74, 6) is -0.529. The van der Waals surface area contributed by atoms with E-state index >= 15 is 0 Å². The minimum atomic E-state index is -3.90. The van der Waals surface area contributed by atoms with Gasteiger partial charge in [-0.1, -0.05) is 49.4 Å². The number of hydrogen-bond donors (Lipinski definition) is 0. The van der Waals surface area contributed by atoms with Crippen LogP contribution in [0.15, 0.2) is 82.6 Å². The second-order valence-electron chi connectivity index (χ2n) is 8.63. The number of sulfonamides is 1. The number of carbonyl (C=O) groups excluding carboxylic acids is 1. The van der Waals surface area contributed by atoms with Crippen molar-refractivity contribution in [3.05, 3.63) is 78.4 Å². The summed E-state index contributed by atoms with van der Waals surface area (Å²) < 4.78 is 64.4. The molecule has 0 N–H and O–H groups in total. The fourth-order valence-electron chi connectivity index (χ4n) is 3.86. The Morgan fingerprint density at radius 1 is 0.816 bits per heavy atom. The summed E-state index contributed by atoms with van der Waals surface area (Å²) in [4.78, 5) is 11.7. The second kappa shape index (κ2) is 13.0. The van der Waals surface area contributed by atoms with Crippen molar-refractivity contribution in [2.24, 2.45) is 0 Å². The first-order valence-electron chi connectivity index (χ1n) is 12.4. The van der Waals surface area contributed by atoms with E-state index < -0.39 is 25.8 Å². The SMILES string of the molecule is CCCN(CCS(=O)(=O)c1ccc(OCC(=O)OCC)c(C)c1)S(=O)(=O)c1ccc(-c2ccccc2)cc1. The molecule has 10 heteroatoms. The van der Waals surface area contributed by atoms with E-state index in [4.69, 9.17) is 9.47 Å². The Morgan fingerprint density at radius 2 is 1.45 bits per heavy atom. The Hall–Kier alpha value is -3.21. The third-order valence-electron chi connectivity index (χ3n) is 5.84. The van der Waals surface area contributed by atoms with Gasteiger partial charge in [0.2, 0.25) is 10.0 Å². The summed E-state index contributed by atoms with van der Waals surface area (Å²) in [6, 6.07) is 20.5. The number of aryl methyl sites for hydroxylation is 1. The van der Waals surface area contributed by atoms with Gasteiger partial charge in [-0.2, -0.15) is 4.31 Å². The molecule has 204 valence electrons. The van der Waals surface area contributed by atoms with Crippen LogP contribution >= 0.6 is 0 Å². The average molecular weight is 560 g/mol. The van der Waals surface area contributed by atoms with Crippen molar-refractivity contribution in [3.8, 4) is 16.9 Å². The predicted molar refractivity (Wildman–Crippen MR) is 146 cm³/mol. The minimum absolute atomic E-state index is 0.0551. The van der Waals surface area contributed by atoms with E-state index in [1.807, 2.05) is 37.3 Å². The van der Waals surface area contributed by atoms with Gasteiger partial charge in [0.15, 0.2) is 16.4 Å². The van der Waals surface area contributed by atoms with Crippen LogP contribution in [-0.4, -0.2) is 59.2 Å². The normalized spacial score (nSPS) is 11.9. The first-order valence-corrected chi connectivity index (χ1v) is 15.4. The Morgan fingerprint density at radius 3 is 2.05 bits per heavy atom. The molecule has 0 amide bonds. The van der Waals surface area contributed by atoms with Gasteiger partial charge < -0.3 is 9.47 Å². The lowest BCUT2D eigenvalue weighted by molar-refractivity contribution is -0.145. The predicted octanol–water partition coefficient (Wildman–Crippen LogP) is 4.48. The Balaban J connectivity index is 1.73. The van der Waals surface area contributed by atoms with Crippen LogP contribution in [0, 0.1) is 6.92 Å². The molecular weight excluding hydrogens is 526 g/mol. The quantitative estimate of drug-likeness (QED) is 0.284. The lowest BCUT2D eigenvalue weighted by atomic mass is 10.1. The zero-order chi connectivity index (χ0) is 27.8. The van der Waals surface area contributed by atoms with Crippen molar-refractivity contribution < 1.29 is 31.1 Å². The van der Waals surface area contributed by atoms with E-state index in [0.717, 1.165) is 11.1 Å². The van der Waals surface area contributed by atoms with Gasteiger partial charge in [0.05, 0.1) is 22.2 Å². The van der Waals surface area contributed by atoms with Crippen LogP contribution in [-0.2, 0) is 29.4 Å². The molecule has 8 nitrogen and oxygen atoms in total. The summed E-state index contributed by atoms with van der Waals surface area (Å²) in [6.07, 6.45) is 0.535. The number of hydrogen-bond acceptors (Lipinski definition) is 7. The third-order valence-corrected chi connectivity index (χ3v) is 9.44. The molecule has 0 heterocycles. The molecule has 0 spiro atoms. The van der Waals surface area contributed by atoms with E-state index in [2.05, 4.69) is 0 Å². The standard InChI is InChI=1S/C28H33NO7S2/c1-4-17-29(38(33,34)25-13-11-24(12-14-25)23-9-7-6-8-10-23)18-19-37(31,32)26-15-16-27(22(3)20-26)36-21-28(30)35-5-2/h6-16,20H,4-5,17-19,21H2,1-3H3. The van der Waals surface area contributed by atoms with E-state index in [9.17, 15) is 21.6 Å². The molecule has 0 radical (unpaired) electrons. The Kier molecular flexibility index (Phi) is 10.1. The molecule has 3 aromatic rings. The molecule has 3 aromatic carbocycles. The zero-order valence-electron chi connectivity index (χ0n) is 21.8. The highest BCUT2D eigenvalue weighted by molar-refractivity contribution is 7.91. The molecule has 0 aliphatic rings. The number of esters is 1. The van der Waals surface area contributed by atoms with E-state index in [0.29, 0.717) is 17.7 Å². The second-order valence-corrected chi connectivity index (χ2v) is 12.7. The van der Waals surface area contributed by atoms with Crippen LogP contribution < -0.4 is 4.74 Å². The van der Waals surface area contributed by atoms with Crippen molar-refractivity contribution in [1.29, 1.82) is 0 Å². The molecule has 0 bridgehead atoms. The highest BCUT2D eigenvalue weighted by atomic mass is 32.2. The van der Waals surface area contributed by atoms with Crippen LogP contribution in [0.25, 0.3) is 11.1 Å². The van der Waals surface area contributed by atoms with Gasteiger partial charge in [-0.25, -0.2) is 21.6 Å². The van der Waals surface area contributed by atoms with Gasteiger partial charge in [-0.05, 0) is 67.3 Å². The van der Waals surface area contributed by atoms with Gasteiger partial charge in [-0.3, -0.25) is 0 Å². The highest BCUT2D eigenvalue weighted by Gasteiger charge is 2.26. The van der Waals surface area contributed by atoms with Gasteiger partial charge >= 0.3 is 5.97 Å². The summed E-state index contributed by atoms with van der Waals surface area (Å²) >= 11 is 0. The maximum atomic E-state index is 13.4. The van der Waals surface area contributed by atoms with Gasteiger partial charge in [0.25, 0.3) is 0 Å². The zero-order valence-corrected chi connectivity index (χ0v) is 23.4. The average Bonchev–Trinajstić information content (AvgIpc) is 2.91. The van der Waals surface area contributed by atoms with Gasteiger partial charge in [0, 0.05) is 13.1 Å². The van der Waals surface area contributed by atoms with Crippen LogP contribution in [0.3, 0.4) is 0 Å². The number of nitrogens with zero attached hydrogens (tertiary/aromatic N) is 1. The Bertz CT molecular complexity index is 1440. The fourth-order valence-corrected chi connectivity index (χ4v) is 6.83. The molecule has 3 rings (SSSR count). The Labute approximate surface area is 225 Å². The smallest absolute Gasteiger partial charge is 0.344 e. The van der Waals surface area contributed by atoms with Crippen molar-refractivity contribution in [3.63, 3.8) is 0 Å². The molecule has 0 saturated heterocycles. The number of ether oxygens (including phenoxy) is 2. The molecule has 0 atom stereocenters. The van der Waals surface area contributed by atoms with E-state index in [1.165, 1.54) is 22.5 Å². The van der Waals surface area contributed by atoms with Crippen molar-refractivity contribution in [1.82, 2.24) is 4.31 Å². The van der Waals surface area contributed by atoms with E-state index in [-0.39, 0.29) is 41.8 Å². The summed E-state index contributed by atoms with van der Waals surface area (Å²) in [5.41, 5.74) is 2.40. The number of rotatable bonds is 13. The van der Waals surface area contributed by atoms with Crippen LogP contribution in [0.1, 0.15) is 25.8 Å². The maximum absolute atomic E-state index is 13.4. The lowest BCUT2D eigenvalue weighted by Crippen LogP contribution is -2.35. The maximum Gasteiger partial charge on any atom is 0.344 e. The highest BCUT2D eigenvalue weighted by Crippen LogP contribution is 2.25. The van der Waals surface area contributed by atoms with Gasteiger partial charge in [-0.15, -0.1) is 0 Å². The van der Waals surface area contributed by atoms with Gasteiger partial charge in [0.1, 0.15) is 5.75 Å². The number of sulfone groups is 1. The monoisotopic (exact) mass is 559 g/mol. The third kappa shape index (κ3) is 7.43. The molecule has 0 aliphatic heterocycles. The van der Waals surface area contributed by atoms with Crippen molar-refractivity contribution >= 4 is 25.8 Å². The first kappa shape index (κ1) is 29.3. The lowest BCUT2D eigenvalue weighted by Gasteiger charge is -2.22. The largest absolute Gasteiger partial charge is 0.482 e. The van der Waals surface area contributed by atoms with Crippen molar-refractivity contribution in [2.75, 3.05) is 32.1 Å². The molecular formula is C28H33NO7S2. The van der Waals surface area contributed by atoms with Crippen LogP contribution in [0.5, 0.6) is 5.75 Å². The first-order chi connectivity index (χ1) is 18.1. The van der Waals surface area contributed by atoms with Crippen LogP contribution in [0.2, 0.25) is 0 Å².